The Morgan fingerprint density at radius 1 is 1.30 bits per heavy atom. The Balaban J connectivity index is 2.61. The van der Waals surface area contributed by atoms with Gasteiger partial charge in [0, 0.05) is 0 Å². The first-order chi connectivity index (χ1) is 9.29. The molecule has 1 aliphatic carbocycles. The first-order valence-electron chi connectivity index (χ1n) is 7.23. The maximum atomic E-state index is 12.1. The molecule has 0 bridgehead atoms. The van der Waals surface area contributed by atoms with E-state index in [0.29, 0.717) is 12.5 Å². The third kappa shape index (κ3) is 4.18. The largest absolute Gasteiger partial charge is 0.479 e. The van der Waals surface area contributed by atoms with Crippen LogP contribution < -0.4 is 11.5 Å². The number of aliphatic carboxylic acids is 1. The van der Waals surface area contributed by atoms with Crippen molar-refractivity contribution < 1.29 is 19.4 Å². The maximum Gasteiger partial charge on any atom is 0.338 e. The lowest BCUT2D eigenvalue weighted by atomic mass is 9.86. The molecule has 1 fully saturated rings. The molecule has 0 heterocycles. The molecular formula is C14H26N2O4. The molecule has 0 aromatic rings. The Morgan fingerprint density at radius 2 is 1.85 bits per heavy atom. The third-order valence-corrected chi connectivity index (χ3v) is 3.88. The highest BCUT2D eigenvalue weighted by molar-refractivity contribution is 6.03. The van der Waals surface area contributed by atoms with Crippen LogP contribution in [0.1, 0.15) is 46.0 Å². The van der Waals surface area contributed by atoms with Gasteiger partial charge in [0.1, 0.15) is 6.10 Å². The number of ether oxygens (including phenoxy) is 1. The van der Waals surface area contributed by atoms with Crippen LogP contribution in [-0.2, 0) is 14.3 Å². The van der Waals surface area contributed by atoms with Gasteiger partial charge in [-0.2, -0.15) is 0 Å². The highest BCUT2D eigenvalue weighted by Crippen LogP contribution is 2.27. The van der Waals surface area contributed by atoms with Gasteiger partial charge in [-0.05, 0) is 50.5 Å². The smallest absolute Gasteiger partial charge is 0.338 e. The van der Waals surface area contributed by atoms with Crippen LogP contribution in [-0.4, -0.2) is 35.2 Å². The highest BCUT2D eigenvalue weighted by atomic mass is 16.5. The van der Waals surface area contributed by atoms with Crippen LogP contribution in [0.4, 0.5) is 0 Å². The van der Waals surface area contributed by atoms with E-state index in [9.17, 15) is 14.7 Å². The Bertz CT molecular complexity index is 351. The molecule has 6 heteroatoms. The molecule has 0 saturated heterocycles. The summed E-state index contributed by atoms with van der Waals surface area (Å²) in [6.07, 6.45) is 3.10. The van der Waals surface area contributed by atoms with Crippen LogP contribution >= 0.6 is 0 Å². The number of nitrogens with two attached hydrogens (primary N) is 2. The number of carboxylic acid groups (broad SMARTS) is 1. The zero-order valence-corrected chi connectivity index (χ0v) is 12.3. The van der Waals surface area contributed by atoms with E-state index >= 15 is 0 Å². The maximum absolute atomic E-state index is 12.1. The first kappa shape index (κ1) is 16.9. The number of rotatable bonds is 6. The SMILES string of the molecule is CC(C)C[C@@](N)(C(=O)O)C(=O)OC1CCC(CN)CC1. The van der Waals surface area contributed by atoms with E-state index in [0.717, 1.165) is 25.7 Å². The lowest BCUT2D eigenvalue weighted by Gasteiger charge is -2.31. The summed E-state index contributed by atoms with van der Waals surface area (Å²) in [6.45, 7) is 4.29. The van der Waals surface area contributed by atoms with Gasteiger partial charge in [0.25, 0.3) is 0 Å². The monoisotopic (exact) mass is 286 g/mol. The van der Waals surface area contributed by atoms with E-state index in [2.05, 4.69) is 0 Å². The van der Waals surface area contributed by atoms with Gasteiger partial charge in [-0.25, -0.2) is 9.59 Å². The summed E-state index contributed by atoms with van der Waals surface area (Å²) in [7, 11) is 0. The van der Waals surface area contributed by atoms with Gasteiger partial charge in [0.2, 0.25) is 5.54 Å². The molecular weight excluding hydrogens is 260 g/mol. The molecule has 0 aromatic heterocycles. The summed E-state index contributed by atoms with van der Waals surface area (Å²) in [4.78, 5) is 23.4. The van der Waals surface area contributed by atoms with E-state index in [1.165, 1.54) is 0 Å². The zero-order chi connectivity index (χ0) is 15.3. The Labute approximate surface area is 119 Å². The number of carboxylic acids is 1. The molecule has 0 radical (unpaired) electrons. The minimum absolute atomic E-state index is 0.00312. The van der Waals surface area contributed by atoms with Crippen LogP contribution in [0.5, 0.6) is 0 Å². The predicted molar refractivity (Wildman–Crippen MR) is 74.9 cm³/mol. The molecule has 1 saturated carbocycles. The van der Waals surface area contributed by atoms with Crippen LogP contribution in [0.2, 0.25) is 0 Å². The highest BCUT2D eigenvalue weighted by Gasteiger charge is 2.45. The lowest BCUT2D eigenvalue weighted by Crippen LogP contribution is -2.57. The summed E-state index contributed by atoms with van der Waals surface area (Å²) in [5.41, 5.74) is 9.42. The molecule has 6 nitrogen and oxygen atoms in total. The molecule has 0 unspecified atom stereocenters. The summed E-state index contributed by atoms with van der Waals surface area (Å²) >= 11 is 0. The van der Waals surface area contributed by atoms with E-state index in [-0.39, 0.29) is 18.4 Å². The van der Waals surface area contributed by atoms with Crippen LogP contribution in [0.25, 0.3) is 0 Å². The van der Waals surface area contributed by atoms with Gasteiger partial charge in [-0.15, -0.1) is 0 Å². The van der Waals surface area contributed by atoms with Gasteiger partial charge in [-0.3, -0.25) is 0 Å². The van der Waals surface area contributed by atoms with Crippen molar-refractivity contribution in [2.45, 2.75) is 57.6 Å². The van der Waals surface area contributed by atoms with Gasteiger partial charge in [0.05, 0.1) is 0 Å². The molecule has 1 rings (SSSR count). The quantitative estimate of drug-likeness (QED) is 0.493. The summed E-state index contributed by atoms with van der Waals surface area (Å²) < 4.78 is 5.33. The third-order valence-electron chi connectivity index (χ3n) is 3.88. The second-order valence-corrected chi connectivity index (χ2v) is 6.16. The number of carbonyl (C=O) groups is 2. The fourth-order valence-corrected chi connectivity index (χ4v) is 2.64. The van der Waals surface area contributed by atoms with Crippen molar-refractivity contribution in [3.05, 3.63) is 0 Å². The van der Waals surface area contributed by atoms with Crippen LogP contribution in [0, 0.1) is 11.8 Å². The van der Waals surface area contributed by atoms with E-state index in [1.54, 1.807) is 0 Å². The van der Waals surface area contributed by atoms with Gasteiger partial charge in [-0.1, -0.05) is 13.8 Å². The Hall–Kier alpha value is -1.14. The Kier molecular flexibility index (Phi) is 5.95. The zero-order valence-electron chi connectivity index (χ0n) is 12.3. The van der Waals surface area contributed by atoms with E-state index in [1.807, 2.05) is 13.8 Å². The number of hydrogen-bond donors (Lipinski definition) is 3. The average molecular weight is 286 g/mol. The summed E-state index contributed by atoms with van der Waals surface area (Å²) in [5.74, 6) is -1.68. The first-order valence-corrected chi connectivity index (χ1v) is 7.23. The second-order valence-electron chi connectivity index (χ2n) is 6.16. The molecule has 0 aliphatic heterocycles. The molecule has 0 aromatic carbocycles. The normalized spacial score (nSPS) is 26.1. The van der Waals surface area contributed by atoms with Gasteiger partial charge < -0.3 is 21.3 Å². The minimum atomic E-state index is -1.95. The van der Waals surface area contributed by atoms with Crippen molar-refractivity contribution in [2.24, 2.45) is 23.3 Å². The van der Waals surface area contributed by atoms with Crippen molar-refractivity contribution in [1.29, 1.82) is 0 Å². The molecule has 20 heavy (non-hydrogen) atoms. The van der Waals surface area contributed by atoms with E-state index < -0.39 is 17.5 Å². The second kappa shape index (κ2) is 7.04. The average Bonchev–Trinajstić information content (AvgIpc) is 2.38. The summed E-state index contributed by atoms with van der Waals surface area (Å²) in [5, 5.41) is 9.22. The number of hydrogen-bond acceptors (Lipinski definition) is 5. The standard InChI is InChI=1S/C14H26N2O4/c1-9(2)7-14(16,12(17)18)13(19)20-11-5-3-10(8-15)4-6-11/h9-11H,3-8,15-16H2,1-2H3,(H,17,18)/t10?,11?,14-/m1/s1. The molecule has 116 valence electrons. The van der Waals surface area contributed by atoms with Crippen molar-refractivity contribution in [2.75, 3.05) is 6.54 Å². The van der Waals surface area contributed by atoms with Crippen LogP contribution in [0.15, 0.2) is 0 Å². The van der Waals surface area contributed by atoms with Gasteiger partial charge in [0.15, 0.2) is 0 Å². The van der Waals surface area contributed by atoms with Crippen molar-refractivity contribution in [1.82, 2.24) is 0 Å². The summed E-state index contributed by atoms with van der Waals surface area (Å²) in [6, 6.07) is 0. The molecule has 5 N–H and O–H groups in total. The topological polar surface area (TPSA) is 116 Å². The fourth-order valence-electron chi connectivity index (χ4n) is 2.64. The van der Waals surface area contributed by atoms with E-state index in [4.69, 9.17) is 16.2 Å². The minimum Gasteiger partial charge on any atom is -0.479 e. The molecule has 0 spiro atoms. The molecule has 1 atom stereocenters. The Morgan fingerprint density at radius 3 is 2.25 bits per heavy atom. The van der Waals surface area contributed by atoms with Crippen molar-refractivity contribution in [3.63, 3.8) is 0 Å². The van der Waals surface area contributed by atoms with Crippen molar-refractivity contribution >= 4 is 11.9 Å². The molecule has 0 amide bonds. The van der Waals surface area contributed by atoms with Crippen LogP contribution in [0.3, 0.4) is 0 Å². The van der Waals surface area contributed by atoms with Gasteiger partial charge >= 0.3 is 11.9 Å². The van der Waals surface area contributed by atoms with Crippen molar-refractivity contribution in [3.8, 4) is 0 Å². The number of carbonyl (C=O) groups excluding carboxylic acids is 1. The molecule has 1 aliphatic rings. The fraction of sp³-hybridized carbons (Fsp3) is 0.857. The lowest BCUT2D eigenvalue weighted by molar-refractivity contribution is -0.167. The number of esters is 1. The predicted octanol–water partition coefficient (Wildman–Crippen LogP) is 0.875.